The van der Waals surface area contributed by atoms with Gasteiger partial charge in [-0.2, -0.15) is 0 Å². The number of nitro groups is 1. The molecule has 0 aliphatic heterocycles. The molecule has 0 aliphatic rings. The van der Waals surface area contributed by atoms with Gasteiger partial charge in [-0.25, -0.2) is 0 Å². The van der Waals surface area contributed by atoms with E-state index in [0.29, 0.717) is 6.42 Å². The Bertz CT molecular complexity index is 316. The van der Waals surface area contributed by atoms with Crippen LogP contribution < -0.4 is 0 Å². The van der Waals surface area contributed by atoms with Gasteiger partial charge >= 0.3 is 0 Å². The largest absolute Gasteiger partial charge is 0.264 e. The first-order chi connectivity index (χ1) is 7.75. The van der Waals surface area contributed by atoms with Gasteiger partial charge in [-0.3, -0.25) is 10.1 Å². The number of rotatable bonds is 7. The zero-order valence-corrected chi connectivity index (χ0v) is 10.7. The lowest BCUT2D eigenvalue weighted by molar-refractivity contribution is -0.530. The zero-order valence-electron chi connectivity index (χ0n) is 9.14. The van der Waals surface area contributed by atoms with E-state index >= 15 is 0 Å². The molecular formula is C12H16BrNO2. The van der Waals surface area contributed by atoms with Gasteiger partial charge in [0.05, 0.1) is 0 Å². The second-order valence-corrected chi connectivity index (χ2v) is 4.54. The average molecular weight is 286 g/mol. The third-order valence-corrected chi connectivity index (χ3v) is 3.11. The second-order valence-electron chi connectivity index (χ2n) is 3.75. The van der Waals surface area contributed by atoms with Crippen molar-refractivity contribution in [3.63, 3.8) is 0 Å². The average Bonchev–Trinajstić information content (AvgIpc) is 2.30. The molecule has 16 heavy (non-hydrogen) atoms. The molecular weight excluding hydrogens is 270 g/mol. The van der Waals surface area contributed by atoms with E-state index in [9.17, 15) is 10.1 Å². The highest BCUT2D eigenvalue weighted by Crippen LogP contribution is 2.22. The van der Waals surface area contributed by atoms with Crippen LogP contribution in [0.3, 0.4) is 0 Å². The minimum Gasteiger partial charge on any atom is -0.264 e. The standard InChI is InChI=1S/C12H16BrNO2/c13-10-6-2-5-9-12(14(15)16)11-7-3-1-4-8-11/h1,3-4,7-8,12H,2,5-6,9-10H2. The molecule has 1 atom stereocenters. The fourth-order valence-electron chi connectivity index (χ4n) is 1.68. The van der Waals surface area contributed by atoms with Crippen molar-refractivity contribution in [1.82, 2.24) is 0 Å². The number of hydrogen-bond acceptors (Lipinski definition) is 2. The topological polar surface area (TPSA) is 43.1 Å². The molecule has 0 aliphatic carbocycles. The van der Waals surface area contributed by atoms with Crippen molar-refractivity contribution >= 4 is 15.9 Å². The molecule has 4 heteroatoms. The van der Waals surface area contributed by atoms with Crippen LogP contribution in [0.4, 0.5) is 0 Å². The number of hydrogen-bond donors (Lipinski definition) is 0. The summed E-state index contributed by atoms with van der Waals surface area (Å²) in [6, 6.07) is 8.70. The maximum Gasteiger partial charge on any atom is 0.238 e. The third kappa shape index (κ3) is 4.31. The van der Waals surface area contributed by atoms with E-state index in [-0.39, 0.29) is 4.92 Å². The highest BCUT2D eigenvalue weighted by molar-refractivity contribution is 9.09. The van der Waals surface area contributed by atoms with Gasteiger partial charge in [0.1, 0.15) is 0 Å². The van der Waals surface area contributed by atoms with Crippen molar-refractivity contribution in [3.05, 3.63) is 46.0 Å². The smallest absolute Gasteiger partial charge is 0.238 e. The molecule has 0 fully saturated rings. The lowest BCUT2D eigenvalue weighted by Gasteiger charge is -2.09. The molecule has 1 aromatic carbocycles. The van der Waals surface area contributed by atoms with Crippen LogP contribution in [-0.2, 0) is 0 Å². The molecule has 88 valence electrons. The fraction of sp³-hybridized carbons (Fsp3) is 0.500. The molecule has 0 saturated carbocycles. The van der Waals surface area contributed by atoms with E-state index in [1.807, 2.05) is 30.3 Å². The molecule has 0 saturated heterocycles. The Hall–Kier alpha value is -0.900. The number of benzene rings is 1. The summed E-state index contributed by atoms with van der Waals surface area (Å²) in [6.07, 6.45) is 3.66. The molecule has 0 bridgehead atoms. The van der Waals surface area contributed by atoms with Crippen LogP contribution in [0.2, 0.25) is 0 Å². The SMILES string of the molecule is O=[N+]([O-])C(CCCCCBr)c1ccccc1. The van der Waals surface area contributed by atoms with Crippen molar-refractivity contribution in [2.24, 2.45) is 0 Å². The minimum absolute atomic E-state index is 0.177. The highest BCUT2D eigenvalue weighted by atomic mass is 79.9. The van der Waals surface area contributed by atoms with Crippen LogP contribution in [-0.4, -0.2) is 10.3 Å². The van der Waals surface area contributed by atoms with Gasteiger partial charge in [-0.05, 0) is 12.8 Å². The van der Waals surface area contributed by atoms with Crippen molar-refractivity contribution < 1.29 is 4.92 Å². The van der Waals surface area contributed by atoms with Gasteiger partial charge in [0.25, 0.3) is 0 Å². The van der Waals surface area contributed by atoms with Crippen molar-refractivity contribution in [2.45, 2.75) is 31.7 Å². The molecule has 1 unspecified atom stereocenters. The van der Waals surface area contributed by atoms with Crippen LogP contribution in [0, 0.1) is 10.1 Å². The predicted octanol–water partition coefficient (Wildman–Crippen LogP) is 3.96. The summed E-state index contributed by atoms with van der Waals surface area (Å²) in [6.45, 7) is 0. The van der Waals surface area contributed by atoms with E-state index in [0.717, 1.165) is 30.2 Å². The summed E-state index contributed by atoms with van der Waals surface area (Å²) in [5, 5.41) is 11.9. The second kappa shape index (κ2) is 7.39. The lowest BCUT2D eigenvalue weighted by atomic mass is 10.0. The number of nitrogens with zero attached hydrogens (tertiary/aromatic N) is 1. The van der Waals surface area contributed by atoms with Gasteiger partial charge < -0.3 is 0 Å². The van der Waals surface area contributed by atoms with Crippen molar-refractivity contribution in [1.29, 1.82) is 0 Å². The fourth-order valence-corrected chi connectivity index (χ4v) is 2.07. The Balaban J connectivity index is 2.52. The third-order valence-electron chi connectivity index (χ3n) is 2.55. The van der Waals surface area contributed by atoms with Gasteiger partial charge in [0.2, 0.25) is 6.04 Å². The molecule has 0 aromatic heterocycles. The van der Waals surface area contributed by atoms with Crippen LogP contribution in [0.5, 0.6) is 0 Å². The minimum atomic E-state index is -0.545. The Morgan fingerprint density at radius 1 is 1.19 bits per heavy atom. The van der Waals surface area contributed by atoms with Crippen LogP contribution in [0.25, 0.3) is 0 Å². The Kier molecular flexibility index (Phi) is 6.08. The summed E-state index contributed by atoms with van der Waals surface area (Å²) in [7, 11) is 0. The molecule has 3 nitrogen and oxygen atoms in total. The molecule has 0 radical (unpaired) electrons. The van der Waals surface area contributed by atoms with Crippen molar-refractivity contribution in [2.75, 3.05) is 5.33 Å². The summed E-state index contributed by atoms with van der Waals surface area (Å²) in [4.78, 5) is 10.8. The highest BCUT2D eigenvalue weighted by Gasteiger charge is 2.21. The summed E-state index contributed by atoms with van der Waals surface area (Å²) in [5.74, 6) is 0. The summed E-state index contributed by atoms with van der Waals surface area (Å²) in [5.41, 5.74) is 0.811. The van der Waals surface area contributed by atoms with Gasteiger partial charge in [-0.1, -0.05) is 52.7 Å². The number of unbranched alkanes of at least 4 members (excludes halogenated alkanes) is 2. The zero-order chi connectivity index (χ0) is 11.8. The van der Waals surface area contributed by atoms with Crippen LogP contribution >= 0.6 is 15.9 Å². The van der Waals surface area contributed by atoms with Gasteiger partial charge in [-0.15, -0.1) is 0 Å². The Morgan fingerprint density at radius 3 is 2.44 bits per heavy atom. The first kappa shape index (κ1) is 13.2. The number of alkyl halides is 1. The van der Waals surface area contributed by atoms with Gasteiger partial charge in [0.15, 0.2) is 0 Å². The predicted molar refractivity (Wildman–Crippen MR) is 68.4 cm³/mol. The first-order valence-electron chi connectivity index (χ1n) is 5.50. The maximum atomic E-state index is 11.0. The van der Waals surface area contributed by atoms with E-state index < -0.39 is 6.04 Å². The normalized spacial score (nSPS) is 12.3. The monoisotopic (exact) mass is 285 g/mol. The molecule has 1 aromatic rings. The van der Waals surface area contributed by atoms with E-state index in [2.05, 4.69) is 15.9 Å². The van der Waals surface area contributed by atoms with Crippen molar-refractivity contribution in [3.8, 4) is 0 Å². The molecule has 0 spiro atoms. The number of halogens is 1. The Morgan fingerprint density at radius 2 is 1.88 bits per heavy atom. The molecule has 0 heterocycles. The van der Waals surface area contributed by atoms with Gasteiger partial charge in [0, 0.05) is 22.2 Å². The molecule has 1 rings (SSSR count). The maximum absolute atomic E-state index is 11.0. The lowest BCUT2D eigenvalue weighted by Crippen LogP contribution is -2.10. The van der Waals surface area contributed by atoms with E-state index in [1.165, 1.54) is 0 Å². The summed E-state index contributed by atoms with van der Waals surface area (Å²) >= 11 is 3.36. The first-order valence-corrected chi connectivity index (χ1v) is 6.62. The van der Waals surface area contributed by atoms with Crippen LogP contribution in [0.15, 0.2) is 30.3 Å². The molecule has 0 amide bonds. The quantitative estimate of drug-likeness (QED) is 0.329. The van der Waals surface area contributed by atoms with Crippen LogP contribution in [0.1, 0.15) is 37.3 Å². The van der Waals surface area contributed by atoms with E-state index in [1.54, 1.807) is 0 Å². The van der Waals surface area contributed by atoms with E-state index in [4.69, 9.17) is 0 Å². The molecule has 0 N–H and O–H groups in total. The summed E-state index contributed by atoms with van der Waals surface area (Å²) < 4.78 is 0. The Labute approximate surface area is 104 Å².